The highest BCUT2D eigenvalue weighted by Gasteiger charge is 2.32. The number of hydrogen-bond donors (Lipinski definition) is 0. The van der Waals surface area contributed by atoms with E-state index in [0.29, 0.717) is 11.6 Å². The van der Waals surface area contributed by atoms with Crippen molar-refractivity contribution >= 4 is 21.8 Å². The molecule has 0 atom stereocenters. The monoisotopic (exact) mass is 282 g/mol. The lowest BCUT2D eigenvalue weighted by Gasteiger charge is -2.21. The van der Waals surface area contributed by atoms with Crippen LogP contribution in [0.2, 0.25) is 0 Å². The number of rotatable bonds is 4. The Hall–Kier alpha value is -0.900. The third-order valence-corrected chi connectivity index (χ3v) is 3.09. The number of nitrogens with zero attached hydrogens (tertiary/aromatic N) is 2. The molecular weight excluding hydrogens is 268 g/mol. The molecule has 1 aromatic heterocycles. The molecule has 0 aromatic carbocycles. The SMILES string of the molecule is Cc1ccc(C(=O)N(CCBr)C2CC2)cn1. The van der Waals surface area contributed by atoms with E-state index in [2.05, 4.69) is 20.9 Å². The molecule has 0 unspecified atom stereocenters. The fraction of sp³-hybridized carbons (Fsp3) is 0.500. The highest BCUT2D eigenvalue weighted by molar-refractivity contribution is 9.09. The first-order chi connectivity index (χ1) is 7.72. The van der Waals surface area contributed by atoms with Gasteiger partial charge in [0.2, 0.25) is 0 Å². The van der Waals surface area contributed by atoms with Crippen LogP contribution in [0.25, 0.3) is 0 Å². The number of alkyl halides is 1. The van der Waals surface area contributed by atoms with Crippen molar-refractivity contribution < 1.29 is 4.79 Å². The number of amides is 1. The van der Waals surface area contributed by atoms with Gasteiger partial charge in [0.1, 0.15) is 0 Å². The number of carbonyl (C=O) groups excluding carboxylic acids is 1. The van der Waals surface area contributed by atoms with Gasteiger partial charge in [0.15, 0.2) is 0 Å². The Morgan fingerprint density at radius 1 is 1.56 bits per heavy atom. The molecule has 0 aliphatic heterocycles. The number of pyridine rings is 1. The maximum absolute atomic E-state index is 12.2. The molecule has 0 radical (unpaired) electrons. The van der Waals surface area contributed by atoms with Gasteiger partial charge in [-0.2, -0.15) is 0 Å². The van der Waals surface area contributed by atoms with E-state index in [4.69, 9.17) is 0 Å². The van der Waals surface area contributed by atoms with Crippen molar-refractivity contribution in [1.29, 1.82) is 0 Å². The second-order valence-electron chi connectivity index (χ2n) is 4.11. The third kappa shape index (κ3) is 2.61. The predicted octanol–water partition coefficient (Wildman–Crippen LogP) is 2.39. The largest absolute Gasteiger partial charge is 0.335 e. The van der Waals surface area contributed by atoms with Crippen LogP contribution < -0.4 is 0 Å². The highest BCUT2D eigenvalue weighted by atomic mass is 79.9. The molecule has 2 rings (SSSR count). The molecule has 1 aromatic rings. The van der Waals surface area contributed by atoms with Crippen molar-refractivity contribution in [1.82, 2.24) is 9.88 Å². The summed E-state index contributed by atoms with van der Waals surface area (Å²) in [5, 5.41) is 0.828. The lowest BCUT2D eigenvalue weighted by Crippen LogP contribution is -2.34. The molecule has 1 heterocycles. The zero-order valence-electron chi connectivity index (χ0n) is 9.32. The minimum Gasteiger partial charge on any atom is -0.335 e. The first-order valence-corrected chi connectivity index (χ1v) is 6.64. The van der Waals surface area contributed by atoms with Gasteiger partial charge in [-0.15, -0.1) is 0 Å². The summed E-state index contributed by atoms with van der Waals surface area (Å²) in [6, 6.07) is 4.19. The molecule has 1 fully saturated rings. The molecule has 0 spiro atoms. The average Bonchev–Trinajstić information content (AvgIpc) is 3.10. The molecule has 3 nitrogen and oxygen atoms in total. The van der Waals surface area contributed by atoms with Gasteiger partial charge in [-0.3, -0.25) is 9.78 Å². The van der Waals surface area contributed by atoms with Crippen LogP contribution in [-0.2, 0) is 0 Å². The first-order valence-electron chi connectivity index (χ1n) is 5.52. The van der Waals surface area contributed by atoms with Gasteiger partial charge in [0, 0.05) is 29.8 Å². The number of hydrogen-bond acceptors (Lipinski definition) is 2. The van der Waals surface area contributed by atoms with E-state index in [1.165, 1.54) is 0 Å². The average molecular weight is 283 g/mol. The Bertz CT molecular complexity index is 373. The Morgan fingerprint density at radius 2 is 2.31 bits per heavy atom. The molecule has 16 heavy (non-hydrogen) atoms. The Balaban J connectivity index is 2.12. The van der Waals surface area contributed by atoms with Crippen LogP contribution in [0.4, 0.5) is 0 Å². The van der Waals surface area contributed by atoms with Crippen molar-refractivity contribution in [3.05, 3.63) is 29.6 Å². The Labute approximate surface area is 104 Å². The summed E-state index contributed by atoms with van der Waals surface area (Å²) >= 11 is 3.39. The van der Waals surface area contributed by atoms with Crippen LogP contribution in [0.5, 0.6) is 0 Å². The minimum atomic E-state index is 0.106. The van der Waals surface area contributed by atoms with Gasteiger partial charge < -0.3 is 4.90 Å². The standard InChI is InChI=1S/C12H15BrN2O/c1-9-2-3-10(8-14-9)12(16)15(7-6-13)11-4-5-11/h2-3,8,11H,4-7H2,1H3. The van der Waals surface area contributed by atoms with E-state index in [1.54, 1.807) is 6.20 Å². The number of halogens is 1. The van der Waals surface area contributed by atoms with Crippen molar-refractivity contribution in [2.75, 3.05) is 11.9 Å². The van der Waals surface area contributed by atoms with E-state index in [-0.39, 0.29) is 5.91 Å². The molecule has 86 valence electrons. The van der Waals surface area contributed by atoms with Crippen LogP contribution in [-0.4, -0.2) is 33.7 Å². The van der Waals surface area contributed by atoms with Crippen molar-refractivity contribution in [3.8, 4) is 0 Å². The molecule has 1 aliphatic rings. The van der Waals surface area contributed by atoms with Crippen LogP contribution in [0.15, 0.2) is 18.3 Å². The summed E-state index contributed by atoms with van der Waals surface area (Å²) in [6.07, 6.45) is 3.94. The minimum absolute atomic E-state index is 0.106. The molecule has 1 saturated carbocycles. The van der Waals surface area contributed by atoms with E-state index in [1.807, 2.05) is 24.0 Å². The van der Waals surface area contributed by atoms with Crippen LogP contribution >= 0.6 is 15.9 Å². The van der Waals surface area contributed by atoms with Gasteiger partial charge in [-0.1, -0.05) is 15.9 Å². The van der Waals surface area contributed by atoms with Crippen LogP contribution in [0.3, 0.4) is 0 Å². The second kappa shape index (κ2) is 4.95. The molecule has 0 N–H and O–H groups in total. The van der Waals surface area contributed by atoms with E-state index < -0.39 is 0 Å². The fourth-order valence-electron chi connectivity index (χ4n) is 1.69. The maximum atomic E-state index is 12.2. The molecule has 4 heteroatoms. The van der Waals surface area contributed by atoms with Crippen molar-refractivity contribution in [2.45, 2.75) is 25.8 Å². The number of aryl methyl sites for hydroxylation is 1. The molecule has 0 bridgehead atoms. The van der Waals surface area contributed by atoms with Gasteiger partial charge in [0.05, 0.1) is 5.56 Å². The second-order valence-corrected chi connectivity index (χ2v) is 4.90. The van der Waals surface area contributed by atoms with Gasteiger partial charge in [-0.25, -0.2) is 0 Å². The summed E-state index contributed by atoms with van der Waals surface area (Å²) < 4.78 is 0. The Kier molecular flexibility index (Phi) is 3.59. The highest BCUT2D eigenvalue weighted by Crippen LogP contribution is 2.28. The summed E-state index contributed by atoms with van der Waals surface area (Å²) in [5.41, 5.74) is 1.63. The van der Waals surface area contributed by atoms with E-state index in [9.17, 15) is 4.79 Å². The van der Waals surface area contributed by atoms with Crippen molar-refractivity contribution in [2.24, 2.45) is 0 Å². The molecule has 0 saturated heterocycles. The fourth-order valence-corrected chi connectivity index (χ4v) is 2.07. The number of carbonyl (C=O) groups is 1. The first kappa shape index (κ1) is 11.6. The van der Waals surface area contributed by atoms with E-state index >= 15 is 0 Å². The van der Waals surface area contributed by atoms with Gasteiger partial charge in [0.25, 0.3) is 5.91 Å². The summed E-state index contributed by atoms with van der Waals surface area (Å²) in [4.78, 5) is 18.3. The zero-order chi connectivity index (χ0) is 11.5. The quantitative estimate of drug-likeness (QED) is 0.795. The molecule has 1 amide bonds. The molecular formula is C12H15BrN2O. The predicted molar refractivity (Wildman–Crippen MR) is 66.8 cm³/mol. The smallest absolute Gasteiger partial charge is 0.255 e. The normalized spacial score (nSPS) is 14.9. The molecule has 1 aliphatic carbocycles. The number of aromatic nitrogens is 1. The zero-order valence-corrected chi connectivity index (χ0v) is 10.9. The summed E-state index contributed by atoms with van der Waals surface area (Å²) in [5.74, 6) is 0.106. The van der Waals surface area contributed by atoms with Crippen molar-refractivity contribution in [3.63, 3.8) is 0 Å². The van der Waals surface area contributed by atoms with Crippen LogP contribution in [0, 0.1) is 6.92 Å². The maximum Gasteiger partial charge on any atom is 0.255 e. The van der Waals surface area contributed by atoms with Crippen LogP contribution in [0.1, 0.15) is 28.9 Å². The third-order valence-electron chi connectivity index (χ3n) is 2.73. The summed E-state index contributed by atoms with van der Waals surface area (Å²) in [7, 11) is 0. The van der Waals surface area contributed by atoms with Gasteiger partial charge >= 0.3 is 0 Å². The van der Waals surface area contributed by atoms with E-state index in [0.717, 1.165) is 30.4 Å². The Morgan fingerprint density at radius 3 is 2.81 bits per heavy atom. The lowest BCUT2D eigenvalue weighted by atomic mass is 10.2. The lowest BCUT2D eigenvalue weighted by molar-refractivity contribution is 0.0754. The van der Waals surface area contributed by atoms with Gasteiger partial charge in [-0.05, 0) is 31.9 Å². The summed E-state index contributed by atoms with van der Waals surface area (Å²) in [6.45, 7) is 2.70. The topological polar surface area (TPSA) is 33.2 Å².